The van der Waals surface area contributed by atoms with E-state index in [0.29, 0.717) is 13.0 Å². The van der Waals surface area contributed by atoms with E-state index in [9.17, 15) is 8.78 Å². The van der Waals surface area contributed by atoms with Gasteiger partial charge in [0, 0.05) is 17.8 Å². The average Bonchev–Trinajstić information content (AvgIpc) is 2.62. The zero-order valence-corrected chi connectivity index (χ0v) is 15.2. The predicted octanol–water partition coefficient (Wildman–Crippen LogP) is 5.50. The van der Waals surface area contributed by atoms with E-state index < -0.39 is 11.6 Å². The van der Waals surface area contributed by atoms with E-state index in [2.05, 4.69) is 18.2 Å². The van der Waals surface area contributed by atoms with Crippen LogP contribution in [0.25, 0.3) is 0 Å². The maximum absolute atomic E-state index is 12.6. The fraction of sp³-hybridized carbons (Fsp3) is 0.381. The van der Waals surface area contributed by atoms with Crippen molar-refractivity contribution in [2.75, 3.05) is 6.54 Å². The number of aliphatic imine (C=N–C) groups is 1. The van der Waals surface area contributed by atoms with Crippen LogP contribution in [0.3, 0.4) is 0 Å². The minimum atomic E-state index is -0.456. The summed E-state index contributed by atoms with van der Waals surface area (Å²) in [5.41, 5.74) is 10.4. The lowest BCUT2D eigenvalue weighted by Crippen LogP contribution is -2.14. The van der Waals surface area contributed by atoms with E-state index >= 15 is 0 Å². The van der Waals surface area contributed by atoms with Gasteiger partial charge in [-0.1, -0.05) is 31.7 Å². The fourth-order valence-electron chi connectivity index (χ4n) is 2.83. The summed E-state index contributed by atoms with van der Waals surface area (Å²) < 4.78 is 25.2. The van der Waals surface area contributed by atoms with Gasteiger partial charge < -0.3 is 5.73 Å². The van der Waals surface area contributed by atoms with E-state index in [1.54, 1.807) is 13.0 Å². The van der Waals surface area contributed by atoms with Crippen molar-refractivity contribution >= 4 is 5.71 Å². The number of benzene rings is 1. The second-order valence-electron chi connectivity index (χ2n) is 5.94. The zero-order valence-electron chi connectivity index (χ0n) is 15.2. The lowest BCUT2D eigenvalue weighted by molar-refractivity contribution is 0.559. The first kappa shape index (κ1) is 21.0. The lowest BCUT2D eigenvalue weighted by Gasteiger charge is -2.19. The molecule has 136 valence electrons. The predicted molar refractivity (Wildman–Crippen MR) is 103 cm³/mol. The third-order valence-corrected chi connectivity index (χ3v) is 4.23. The van der Waals surface area contributed by atoms with Crippen LogP contribution in [0.4, 0.5) is 8.78 Å². The van der Waals surface area contributed by atoms with Gasteiger partial charge in [0.15, 0.2) is 0 Å². The van der Waals surface area contributed by atoms with E-state index in [0.717, 1.165) is 24.3 Å². The Morgan fingerprint density at radius 3 is 2.32 bits per heavy atom. The van der Waals surface area contributed by atoms with Crippen LogP contribution < -0.4 is 5.73 Å². The van der Waals surface area contributed by atoms with Crippen LogP contribution in [0.5, 0.6) is 0 Å². The number of halogens is 2. The van der Waals surface area contributed by atoms with Crippen LogP contribution >= 0.6 is 0 Å². The molecule has 25 heavy (non-hydrogen) atoms. The van der Waals surface area contributed by atoms with Crippen molar-refractivity contribution in [1.82, 2.24) is 0 Å². The van der Waals surface area contributed by atoms with Gasteiger partial charge in [0.25, 0.3) is 0 Å². The molecule has 0 saturated heterocycles. The Hall–Kier alpha value is -2.07. The molecule has 0 bridgehead atoms. The second kappa shape index (κ2) is 10.7. The van der Waals surface area contributed by atoms with Crippen molar-refractivity contribution in [3.8, 4) is 0 Å². The quantitative estimate of drug-likeness (QED) is 0.554. The first-order valence-electron chi connectivity index (χ1n) is 8.65. The van der Waals surface area contributed by atoms with Crippen LogP contribution in [0.1, 0.15) is 45.1 Å². The Morgan fingerprint density at radius 2 is 1.84 bits per heavy atom. The van der Waals surface area contributed by atoms with Gasteiger partial charge in [0.05, 0.1) is 5.70 Å². The molecule has 2 rings (SSSR count). The molecule has 0 aliphatic heterocycles. The molecular formula is C21H28F2N2. The van der Waals surface area contributed by atoms with Crippen LogP contribution in [-0.2, 0) is 6.42 Å². The van der Waals surface area contributed by atoms with E-state index in [1.807, 2.05) is 6.92 Å². The number of nitrogens with two attached hydrogens (primary N) is 1. The van der Waals surface area contributed by atoms with Gasteiger partial charge in [0.2, 0.25) is 0 Å². The van der Waals surface area contributed by atoms with Crippen LogP contribution in [0.2, 0.25) is 0 Å². The molecule has 0 amide bonds. The highest BCUT2D eigenvalue weighted by atomic mass is 19.1. The van der Waals surface area contributed by atoms with Crippen LogP contribution in [-0.4, -0.2) is 12.3 Å². The zero-order chi connectivity index (χ0) is 18.8. The Balaban J connectivity index is 0.000000271. The molecule has 1 aromatic rings. The molecule has 0 radical (unpaired) electrons. The smallest absolute Gasteiger partial charge is 0.129 e. The summed E-state index contributed by atoms with van der Waals surface area (Å²) in [6, 6.07) is 3.90. The average molecular weight is 346 g/mol. The summed E-state index contributed by atoms with van der Waals surface area (Å²) in [7, 11) is 0. The fourth-order valence-corrected chi connectivity index (χ4v) is 2.83. The van der Waals surface area contributed by atoms with Crippen molar-refractivity contribution in [2.45, 2.75) is 46.0 Å². The molecule has 0 heterocycles. The number of hydrogen-bond acceptors (Lipinski definition) is 2. The largest absolute Gasteiger partial charge is 0.327 e. The third kappa shape index (κ3) is 6.39. The molecule has 1 aliphatic carbocycles. The Morgan fingerprint density at radius 1 is 1.24 bits per heavy atom. The van der Waals surface area contributed by atoms with Gasteiger partial charge in [0.1, 0.15) is 11.6 Å². The van der Waals surface area contributed by atoms with E-state index in [4.69, 9.17) is 5.73 Å². The van der Waals surface area contributed by atoms with Gasteiger partial charge in [-0.15, -0.1) is 0 Å². The summed E-state index contributed by atoms with van der Waals surface area (Å²) in [6.07, 6.45) is 6.80. The Labute approximate surface area is 149 Å². The van der Waals surface area contributed by atoms with Gasteiger partial charge in [-0.25, -0.2) is 8.78 Å². The first-order valence-corrected chi connectivity index (χ1v) is 8.65. The van der Waals surface area contributed by atoms with Crippen molar-refractivity contribution in [2.24, 2.45) is 10.7 Å². The minimum Gasteiger partial charge on any atom is -0.327 e. The summed E-state index contributed by atoms with van der Waals surface area (Å²) in [5, 5.41) is 0. The molecule has 1 aromatic carbocycles. The lowest BCUT2D eigenvalue weighted by atomic mass is 9.89. The summed E-state index contributed by atoms with van der Waals surface area (Å²) >= 11 is 0. The number of rotatable bonds is 5. The maximum atomic E-state index is 12.6. The highest BCUT2D eigenvalue weighted by Crippen LogP contribution is 2.25. The second-order valence-corrected chi connectivity index (χ2v) is 5.94. The summed E-state index contributed by atoms with van der Waals surface area (Å²) in [6.45, 7) is 11.9. The summed E-state index contributed by atoms with van der Waals surface area (Å²) in [5.74, 6) is -0.912. The summed E-state index contributed by atoms with van der Waals surface area (Å²) in [4.78, 5) is 4.41. The molecule has 0 atom stereocenters. The molecule has 0 spiro atoms. The molecule has 0 unspecified atom stereocenters. The molecule has 0 fully saturated rings. The van der Waals surface area contributed by atoms with Gasteiger partial charge >= 0.3 is 0 Å². The van der Waals surface area contributed by atoms with Gasteiger partial charge in [-0.05, 0) is 62.8 Å². The molecule has 0 aromatic heterocycles. The number of hydrogen-bond donors (Lipinski definition) is 1. The van der Waals surface area contributed by atoms with Crippen LogP contribution in [0, 0.1) is 11.6 Å². The highest BCUT2D eigenvalue weighted by Gasteiger charge is 2.13. The van der Waals surface area contributed by atoms with Gasteiger partial charge in [-0.3, -0.25) is 4.99 Å². The minimum absolute atomic E-state index is 0.169. The maximum Gasteiger partial charge on any atom is 0.129 e. The monoisotopic (exact) mass is 346 g/mol. The highest BCUT2D eigenvalue weighted by molar-refractivity contribution is 5.99. The Kier molecular flexibility index (Phi) is 9.00. The third-order valence-electron chi connectivity index (χ3n) is 4.23. The molecule has 0 saturated carbocycles. The molecule has 2 N–H and O–H groups in total. The van der Waals surface area contributed by atoms with Crippen molar-refractivity contribution in [1.29, 1.82) is 0 Å². The molecule has 1 aliphatic rings. The van der Waals surface area contributed by atoms with E-state index in [-0.39, 0.29) is 5.56 Å². The number of nitrogens with zero attached hydrogens (tertiary/aromatic N) is 1. The van der Waals surface area contributed by atoms with Crippen molar-refractivity contribution in [3.05, 3.63) is 71.5 Å². The van der Waals surface area contributed by atoms with Gasteiger partial charge in [-0.2, -0.15) is 0 Å². The van der Waals surface area contributed by atoms with Crippen molar-refractivity contribution < 1.29 is 8.78 Å². The normalized spacial score (nSPS) is 14.7. The number of allylic oxidation sites excluding steroid dienone is 2. The molecule has 2 nitrogen and oxygen atoms in total. The van der Waals surface area contributed by atoms with Crippen molar-refractivity contribution in [3.63, 3.8) is 0 Å². The molecule has 4 heteroatoms. The Bertz CT molecular complexity index is 652. The van der Waals surface area contributed by atoms with Crippen LogP contribution in [0.15, 0.2) is 59.3 Å². The SMILES string of the molecule is C=CC(=C)N=C(C)C1=C(CN)CCCC1.CCc1c(F)cccc1F. The first-order chi connectivity index (χ1) is 11.9. The van der Waals surface area contributed by atoms with E-state index in [1.165, 1.54) is 42.2 Å². The molecular weight excluding hydrogens is 318 g/mol. The standard InChI is InChI=1S/C13H20N2.C8H8F2/c1-4-10(2)15-11(3)13-8-6-5-7-12(13)9-14;1-2-6-7(9)4-3-5-8(6)10/h4H,1-2,5-9,14H2,3H3;3-5H,2H2,1H3. The topological polar surface area (TPSA) is 38.4 Å².